The van der Waals surface area contributed by atoms with E-state index in [4.69, 9.17) is 9.84 Å². The topological polar surface area (TPSA) is 75.6 Å². The highest BCUT2D eigenvalue weighted by Crippen LogP contribution is 2.25. The van der Waals surface area contributed by atoms with Crippen LogP contribution < -0.4 is 10.1 Å². The first-order chi connectivity index (χ1) is 10.4. The van der Waals surface area contributed by atoms with E-state index in [-0.39, 0.29) is 18.2 Å². The van der Waals surface area contributed by atoms with Crippen molar-refractivity contribution in [1.82, 2.24) is 5.32 Å². The first-order valence-corrected chi connectivity index (χ1v) is 8.02. The Bertz CT molecular complexity index is 533. The number of methoxy groups -OCH3 is 1. The van der Waals surface area contributed by atoms with Gasteiger partial charge in [-0.2, -0.15) is 0 Å². The van der Waals surface area contributed by atoms with E-state index < -0.39 is 12.0 Å². The quantitative estimate of drug-likeness (QED) is 0.736. The number of benzene rings is 1. The van der Waals surface area contributed by atoms with Crippen LogP contribution in [-0.2, 0) is 16.0 Å². The molecule has 0 radical (unpaired) electrons. The van der Waals surface area contributed by atoms with E-state index in [0.717, 1.165) is 15.8 Å². The van der Waals surface area contributed by atoms with Gasteiger partial charge in [-0.15, -0.1) is 0 Å². The fourth-order valence-electron chi connectivity index (χ4n) is 2.05. The second-order valence-corrected chi connectivity index (χ2v) is 6.09. The molecule has 1 rings (SSSR count). The molecule has 0 heterocycles. The van der Waals surface area contributed by atoms with Crippen LogP contribution in [0.1, 0.15) is 32.3 Å². The molecule has 6 heteroatoms. The van der Waals surface area contributed by atoms with Gasteiger partial charge in [0, 0.05) is 6.42 Å². The van der Waals surface area contributed by atoms with Crippen molar-refractivity contribution >= 4 is 27.8 Å². The fraction of sp³-hybridized carbons (Fsp3) is 0.500. The van der Waals surface area contributed by atoms with E-state index in [2.05, 4.69) is 21.2 Å². The van der Waals surface area contributed by atoms with Crippen LogP contribution in [0.4, 0.5) is 0 Å². The van der Waals surface area contributed by atoms with Crippen molar-refractivity contribution in [2.45, 2.75) is 39.2 Å². The number of nitrogens with one attached hydrogen (secondary N) is 1. The molecule has 0 spiro atoms. The maximum absolute atomic E-state index is 11.9. The smallest absolute Gasteiger partial charge is 0.326 e. The van der Waals surface area contributed by atoms with Crippen LogP contribution in [0.2, 0.25) is 0 Å². The molecule has 122 valence electrons. The molecule has 0 unspecified atom stereocenters. The van der Waals surface area contributed by atoms with Crippen LogP contribution in [0.15, 0.2) is 22.7 Å². The maximum Gasteiger partial charge on any atom is 0.326 e. The Morgan fingerprint density at radius 2 is 2.09 bits per heavy atom. The lowest BCUT2D eigenvalue weighted by atomic mass is 9.99. The van der Waals surface area contributed by atoms with Crippen LogP contribution in [0, 0.1) is 5.92 Å². The van der Waals surface area contributed by atoms with Gasteiger partial charge in [0.05, 0.1) is 11.6 Å². The summed E-state index contributed by atoms with van der Waals surface area (Å²) in [6, 6.07) is 4.78. The Hall–Kier alpha value is -1.56. The summed E-state index contributed by atoms with van der Waals surface area (Å²) in [7, 11) is 1.59. The van der Waals surface area contributed by atoms with Gasteiger partial charge in [-0.3, -0.25) is 4.79 Å². The lowest BCUT2D eigenvalue weighted by Crippen LogP contribution is -2.45. The molecular weight excluding hydrogens is 350 g/mol. The highest BCUT2D eigenvalue weighted by atomic mass is 79.9. The van der Waals surface area contributed by atoms with E-state index in [0.29, 0.717) is 12.8 Å². The molecule has 0 aliphatic heterocycles. The minimum atomic E-state index is -0.991. The average Bonchev–Trinajstić information content (AvgIpc) is 2.49. The van der Waals surface area contributed by atoms with Crippen molar-refractivity contribution in [1.29, 1.82) is 0 Å². The number of amides is 1. The van der Waals surface area contributed by atoms with Gasteiger partial charge in [0.1, 0.15) is 11.8 Å². The Labute approximate surface area is 139 Å². The molecule has 0 saturated heterocycles. The molecule has 22 heavy (non-hydrogen) atoms. The van der Waals surface area contributed by atoms with Gasteiger partial charge in [0.15, 0.2) is 0 Å². The van der Waals surface area contributed by atoms with Crippen LogP contribution in [0.5, 0.6) is 5.75 Å². The Kier molecular flexibility index (Phi) is 7.38. The summed E-state index contributed by atoms with van der Waals surface area (Å²) >= 11 is 3.40. The summed E-state index contributed by atoms with van der Waals surface area (Å²) in [6.07, 6.45) is 1.49. The third-order valence-corrected chi connectivity index (χ3v) is 4.27. The molecule has 5 nitrogen and oxygen atoms in total. The number of aryl methyl sites for hydroxylation is 1. The third kappa shape index (κ3) is 5.33. The van der Waals surface area contributed by atoms with E-state index in [9.17, 15) is 9.59 Å². The highest BCUT2D eigenvalue weighted by Gasteiger charge is 2.24. The number of hydrogen-bond donors (Lipinski definition) is 2. The molecule has 0 aliphatic carbocycles. The number of carbonyl (C=O) groups excluding carboxylic acids is 1. The second-order valence-electron chi connectivity index (χ2n) is 5.24. The Morgan fingerprint density at radius 3 is 2.59 bits per heavy atom. The van der Waals surface area contributed by atoms with Crippen LogP contribution in [0.25, 0.3) is 0 Å². The largest absolute Gasteiger partial charge is 0.496 e. The van der Waals surface area contributed by atoms with E-state index >= 15 is 0 Å². The van der Waals surface area contributed by atoms with Crippen LogP contribution >= 0.6 is 15.9 Å². The molecule has 0 fully saturated rings. The molecular formula is C16H22BrNO4. The van der Waals surface area contributed by atoms with Gasteiger partial charge in [0.25, 0.3) is 0 Å². The number of ether oxygens (including phenoxy) is 1. The number of carboxylic acids is 1. The molecule has 0 bridgehead atoms. The molecule has 1 aromatic carbocycles. The van der Waals surface area contributed by atoms with Crippen molar-refractivity contribution in [3.05, 3.63) is 28.2 Å². The van der Waals surface area contributed by atoms with Crippen molar-refractivity contribution in [3.8, 4) is 5.75 Å². The zero-order valence-electron chi connectivity index (χ0n) is 13.1. The summed E-state index contributed by atoms with van der Waals surface area (Å²) in [5.74, 6) is -0.609. The average molecular weight is 372 g/mol. The number of carbonyl (C=O) groups is 2. The molecule has 1 aromatic rings. The van der Waals surface area contributed by atoms with Gasteiger partial charge in [-0.05, 0) is 46.0 Å². The van der Waals surface area contributed by atoms with Crippen LogP contribution in [-0.4, -0.2) is 30.1 Å². The van der Waals surface area contributed by atoms with Gasteiger partial charge in [-0.25, -0.2) is 4.79 Å². The summed E-state index contributed by atoms with van der Waals surface area (Å²) in [5, 5.41) is 11.8. The molecule has 0 saturated carbocycles. The fourth-order valence-corrected chi connectivity index (χ4v) is 2.64. The summed E-state index contributed by atoms with van der Waals surface area (Å²) in [5.41, 5.74) is 0.984. The second kappa shape index (κ2) is 8.78. The summed E-state index contributed by atoms with van der Waals surface area (Å²) in [4.78, 5) is 23.1. The maximum atomic E-state index is 11.9. The molecule has 2 atom stereocenters. The van der Waals surface area contributed by atoms with Gasteiger partial charge in [0.2, 0.25) is 5.91 Å². The first-order valence-electron chi connectivity index (χ1n) is 7.23. The number of rotatable bonds is 8. The number of halogens is 1. The van der Waals surface area contributed by atoms with E-state index in [1.54, 1.807) is 7.11 Å². The predicted molar refractivity (Wildman–Crippen MR) is 88.0 cm³/mol. The normalized spacial score (nSPS) is 13.3. The lowest BCUT2D eigenvalue weighted by Gasteiger charge is -2.20. The zero-order valence-corrected chi connectivity index (χ0v) is 14.6. The van der Waals surface area contributed by atoms with Crippen molar-refractivity contribution < 1.29 is 19.4 Å². The van der Waals surface area contributed by atoms with Crippen molar-refractivity contribution in [2.75, 3.05) is 7.11 Å². The predicted octanol–water partition coefficient (Wildman–Crippen LogP) is 3.01. The van der Waals surface area contributed by atoms with E-state index in [1.165, 1.54) is 0 Å². The zero-order chi connectivity index (χ0) is 16.7. The molecule has 0 aromatic heterocycles. The number of hydrogen-bond acceptors (Lipinski definition) is 3. The Balaban J connectivity index is 2.58. The van der Waals surface area contributed by atoms with Crippen molar-refractivity contribution in [3.63, 3.8) is 0 Å². The highest BCUT2D eigenvalue weighted by molar-refractivity contribution is 9.10. The van der Waals surface area contributed by atoms with Crippen molar-refractivity contribution in [2.24, 2.45) is 5.92 Å². The summed E-state index contributed by atoms with van der Waals surface area (Å²) < 4.78 is 5.98. The standard InChI is InChI=1S/C16H22BrNO4/c1-4-10(2)15(16(20)21)18-14(19)8-6-11-5-7-13(22-3)12(17)9-11/h5,7,9-10,15H,4,6,8H2,1-3H3,(H,18,19)(H,20,21)/t10-,15-/m0/s1. The van der Waals surface area contributed by atoms with Gasteiger partial charge in [-0.1, -0.05) is 26.3 Å². The van der Waals surface area contributed by atoms with Crippen LogP contribution in [0.3, 0.4) is 0 Å². The van der Waals surface area contributed by atoms with E-state index in [1.807, 2.05) is 32.0 Å². The molecule has 1 amide bonds. The minimum Gasteiger partial charge on any atom is -0.496 e. The SMILES string of the molecule is CC[C@H](C)[C@H](NC(=O)CCc1ccc(OC)c(Br)c1)C(=O)O. The van der Waals surface area contributed by atoms with Gasteiger partial charge >= 0.3 is 5.97 Å². The van der Waals surface area contributed by atoms with Gasteiger partial charge < -0.3 is 15.2 Å². The number of aliphatic carboxylic acids is 1. The Morgan fingerprint density at radius 1 is 1.41 bits per heavy atom. The first kappa shape index (κ1) is 18.5. The number of carboxylic acid groups (broad SMARTS) is 1. The molecule has 2 N–H and O–H groups in total. The summed E-state index contributed by atoms with van der Waals surface area (Å²) in [6.45, 7) is 3.72. The lowest BCUT2D eigenvalue weighted by molar-refractivity contribution is -0.143. The molecule has 0 aliphatic rings. The third-order valence-electron chi connectivity index (χ3n) is 3.65. The monoisotopic (exact) mass is 371 g/mol. The minimum absolute atomic E-state index is 0.100.